The van der Waals surface area contributed by atoms with E-state index in [1.807, 2.05) is 0 Å². The van der Waals surface area contributed by atoms with E-state index < -0.39 is 5.97 Å². The van der Waals surface area contributed by atoms with E-state index in [1.54, 1.807) is 44.4 Å². The van der Waals surface area contributed by atoms with Gasteiger partial charge >= 0.3 is 5.97 Å². The summed E-state index contributed by atoms with van der Waals surface area (Å²) in [4.78, 5) is 27.1. The van der Waals surface area contributed by atoms with Gasteiger partial charge in [-0.05, 0) is 12.1 Å². The van der Waals surface area contributed by atoms with Crippen LogP contribution in [-0.2, 0) is 14.3 Å². The zero-order valence-electron chi connectivity index (χ0n) is 13.5. The Bertz CT molecular complexity index is 627. The van der Waals surface area contributed by atoms with Crippen molar-refractivity contribution in [3.63, 3.8) is 0 Å². The quantitative estimate of drug-likeness (QED) is 0.759. The van der Waals surface area contributed by atoms with E-state index >= 15 is 0 Å². The molecular weight excluding hydrogens is 302 g/mol. The Morgan fingerprint density at radius 2 is 1.96 bits per heavy atom. The Labute approximate surface area is 134 Å². The highest BCUT2D eigenvalue weighted by atomic mass is 16.7. The van der Waals surface area contributed by atoms with Gasteiger partial charge in [0.25, 0.3) is 0 Å². The van der Waals surface area contributed by atoms with Gasteiger partial charge in [-0.25, -0.2) is 9.79 Å². The lowest BCUT2D eigenvalue weighted by molar-refractivity contribution is -0.0796. The molecule has 0 radical (unpaired) electrons. The molecule has 23 heavy (non-hydrogen) atoms. The van der Waals surface area contributed by atoms with Crippen molar-refractivity contribution >= 4 is 11.9 Å². The minimum absolute atomic E-state index is 0.167. The van der Waals surface area contributed by atoms with Crippen LogP contribution in [-0.4, -0.2) is 57.0 Å². The molecule has 0 atom stereocenters. The molecule has 0 aliphatic carbocycles. The van der Waals surface area contributed by atoms with Crippen LogP contribution >= 0.6 is 0 Å². The average molecular weight is 321 g/mol. The maximum Gasteiger partial charge on any atom is 0.360 e. The van der Waals surface area contributed by atoms with E-state index in [2.05, 4.69) is 4.99 Å². The molecule has 1 aromatic carbocycles. The van der Waals surface area contributed by atoms with E-state index in [4.69, 9.17) is 19.1 Å². The lowest BCUT2D eigenvalue weighted by Crippen LogP contribution is -2.33. The fraction of sp³-hybridized carbons (Fsp3) is 0.333. The SMILES string of the molecule is COC1=CC(OC)=NCN1Oc1ccccc1C(=O)ON(C)C. The molecule has 0 N–H and O–H groups in total. The summed E-state index contributed by atoms with van der Waals surface area (Å²) in [5.74, 6) is 0.652. The Kier molecular flexibility index (Phi) is 5.42. The first kappa shape index (κ1) is 16.6. The molecule has 0 amide bonds. The molecule has 0 unspecified atom stereocenters. The number of ether oxygens (including phenoxy) is 2. The summed E-state index contributed by atoms with van der Waals surface area (Å²) in [6.45, 7) is 0.167. The maximum absolute atomic E-state index is 12.1. The van der Waals surface area contributed by atoms with Crippen LogP contribution in [0.15, 0.2) is 41.2 Å². The summed E-state index contributed by atoms with van der Waals surface area (Å²) in [6, 6.07) is 6.76. The highest BCUT2D eigenvalue weighted by Gasteiger charge is 2.22. The van der Waals surface area contributed by atoms with Gasteiger partial charge in [-0.15, -0.1) is 5.06 Å². The molecule has 8 heteroatoms. The molecule has 0 fully saturated rings. The lowest BCUT2D eigenvalue weighted by Gasteiger charge is -2.27. The van der Waals surface area contributed by atoms with Gasteiger partial charge in [0.2, 0.25) is 11.8 Å². The summed E-state index contributed by atoms with van der Waals surface area (Å²) in [7, 11) is 6.27. The van der Waals surface area contributed by atoms with Crippen molar-refractivity contribution in [2.75, 3.05) is 35.0 Å². The van der Waals surface area contributed by atoms with Crippen molar-refractivity contribution in [3.05, 3.63) is 41.8 Å². The third kappa shape index (κ3) is 4.13. The first-order chi connectivity index (χ1) is 11.0. The van der Waals surface area contributed by atoms with E-state index in [0.717, 1.165) is 0 Å². The Morgan fingerprint density at radius 1 is 1.22 bits per heavy atom. The molecular formula is C15H19N3O5. The molecule has 1 heterocycles. The molecule has 0 bridgehead atoms. The number of methoxy groups -OCH3 is 2. The van der Waals surface area contributed by atoms with Gasteiger partial charge in [0.1, 0.15) is 5.56 Å². The van der Waals surface area contributed by atoms with Gasteiger partial charge in [0.05, 0.1) is 20.3 Å². The smallest absolute Gasteiger partial charge is 0.360 e. The van der Waals surface area contributed by atoms with Crippen molar-refractivity contribution in [3.8, 4) is 5.75 Å². The molecule has 8 nitrogen and oxygen atoms in total. The number of para-hydroxylation sites is 1. The largest absolute Gasteiger partial charge is 0.481 e. The van der Waals surface area contributed by atoms with Crippen LogP contribution in [0.1, 0.15) is 10.4 Å². The number of aliphatic imine (C=N–C) groups is 1. The molecule has 1 aliphatic heterocycles. The molecule has 0 saturated heterocycles. The molecule has 0 spiro atoms. The van der Waals surface area contributed by atoms with E-state index in [-0.39, 0.29) is 12.2 Å². The first-order valence-electron chi connectivity index (χ1n) is 6.83. The van der Waals surface area contributed by atoms with Gasteiger partial charge in [0.15, 0.2) is 12.4 Å². The van der Waals surface area contributed by atoms with Crippen LogP contribution in [0.3, 0.4) is 0 Å². The lowest BCUT2D eigenvalue weighted by atomic mass is 10.2. The van der Waals surface area contributed by atoms with Crippen LogP contribution in [0, 0.1) is 0 Å². The summed E-state index contributed by atoms with van der Waals surface area (Å²) in [5, 5.41) is 2.72. The molecule has 124 valence electrons. The molecule has 2 rings (SSSR count). The Hall–Kier alpha value is -2.74. The van der Waals surface area contributed by atoms with E-state index in [1.165, 1.54) is 24.3 Å². The number of carbonyl (C=O) groups is 1. The standard InChI is InChI=1S/C15H19N3O5/c1-17(2)23-15(19)11-7-5-6-8-12(11)22-18-10-16-13(20-3)9-14(18)21-4/h5-9H,10H2,1-4H3. The van der Waals surface area contributed by atoms with Gasteiger partial charge in [-0.1, -0.05) is 12.1 Å². The zero-order valence-corrected chi connectivity index (χ0v) is 13.5. The second kappa shape index (κ2) is 7.50. The van der Waals surface area contributed by atoms with Crippen LogP contribution in [0.4, 0.5) is 0 Å². The van der Waals surface area contributed by atoms with Crippen LogP contribution in [0.2, 0.25) is 0 Å². The molecule has 1 aliphatic rings. The van der Waals surface area contributed by atoms with Crippen molar-refractivity contribution in [2.24, 2.45) is 4.99 Å². The highest BCUT2D eigenvalue weighted by molar-refractivity contribution is 5.92. The van der Waals surface area contributed by atoms with Crippen molar-refractivity contribution in [1.29, 1.82) is 0 Å². The minimum atomic E-state index is -0.522. The Morgan fingerprint density at radius 3 is 2.61 bits per heavy atom. The highest BCUT2D eigenvalue weighted by Crippen LogP contribution is 2.23. The van der Waals surface area contributed by atoms with Crippen molar-refractivity contribution in [2.45, 2.75) is 0 Å². The number of hydrogen-bond acceptors (Lipinski definition) is 8. The van der Waals surface area contributed by atoms with Crippen LogP contribution in [0.5, 0.6) is 5.75 Å². The summed E-state index contributed by atoms with van der Waals surface area (Å²) < 4.78 is 10.3. The zero-order chi connectivity index (χ0) is 16.8. The number of nitrogens with zero attached hydrogens (tertiary/aromatic N) is 3. The minimum Gasteiger partial charge on any atom is -0.481 e. The summed E-state index contributed by atoms with van der Waals surface area (Å²) in [6.07, 6.45) is 1.59. The number of rotatable bonds is 5. The van der Waals surface area contributed by atoms with Gasteiger partial charge in [0, 0.05) is 14.1 Å². The number of hydroxylamine groups is 4. The van der Waals surface area contributed by atoms with Crippen molar-refractivity contribution in [1.82, 2.24) is 10.1 Å². The second-order valence-corrected chi connectivity index (χ2v) is 4.69. The summed E-state index contributed by atoms with van der Waals surface area (Å²) in [5.41, 5.74) is 0.290. The van der Waals surface area contributed by atoms with E-state index in [0.29, 0.717) is 17.5 Å². The fourth-order valence-electron chi connectivity index (χ4n) is 1.83. The number of carbonyl (C=O) groups excluding carboxylic acids is 1. The molecule has 0 saturated carbocycles. The monoisotopic (exact) mass is 321 g/mol. The van der Waals surface area contributed by atoms with Gasteiger partial charge in [-0.2, -0.15) is 5.06 Å². The third-order valence-electron chi connectivity index (χ3n) is 2.85. The predicted molar refractivity (Wildman–Crippen MR) is 82.4 cm³/mol. The van der Waals surface area contributed by atoms with E-state index in [9.17, 15) is 4.79 Å². The predicted octanol–water partition coefficient (Wildman–Crippen LogP) is 1.42. The van der Waals surface area contributed by atoms with Crippen molar-refractivity contribution < 1.29 is 23.9 Å². The second-order valence-electron chi connectivity index (χ2n) is 4.69. The normalized spacial score (nSPS) is 14.0. The number of hydrogen-bond donors (Lipinski definition) is 0. The van der Waals surface area contributed by atoms with Gasteiger partial charge < -0.3 is 19.1 Å². The summed E-state index contributed by atoms with van der Waals surface area (Å²) >= 11 is 0. The fourth-order valence-corrected chi connectivity index (χ4v) is 1.83. The molecule has 0 aromatic heterocycles. The van der Waals surface area contributed by atoms with Gasteiger partial charge in [-0.3, -0.25) is 0 Å². The topological polar surface area (TPSA) is 72.8 Å². The average Bonchev–Trinajstić information content (AvgIpc) is 2.55. The first-order valence-corrected chi connectivity index (χ1v) is 6.83. The Balaban J connectivity index is 2.19. The molecule has 1 aromatic rings. The third-order valence-corrected chi connectivity index (χ3v) is 2.85. The van der Waals surface area contributed by atoms with Crippen LogP contribution in [0.25, 0.3) is 0 Å². The van der Waals surface area contributed by atoms with Crippen LogP contribution < -0.4 is 4.84 Å². The number of benzene rings is 1. The maximum atomic E-state index is 12.1.